The lowest BCUT2D eigenvalue weighted by molar-refractivity contribution is 0.135. The van der Waals surface area contributed by atoms with Gasteiger partial charge in [0, 0.05) is 30.0 Å². The van der Waals surface area contributed by atoms with Gasteiger partial charge in [-0.15, -0.1) is 11.3 Å². The molecule has 0 saturated carbocycles. The third-order valence-corrected chi connectivity index (χ3v) is 3.57. The van der Waals surface area contributed by atoms with E-state index in [1.807, 2.05) is 11.3 Å². The lowest BCUT2D eigenvalue weighted by atomic mass is 10.2. The Morgan fingerprint density at radius 2 is 1.94 bits per heavy atom. The standard InChI is InChI=1S/C13H23NO2S/c1-11-10-13(12(2)17-11)4-7-16-9-6-14-5-8-15-3/h10,14H,4-9H2,1-3H3. The van der Waals surface area contributed by atoms with Crippen molar-refractivity contribution in [3.05, 3.63) is 21.4 Å². The first-order valence-electron chi connectivity index (χ1n) is 6.07. The lowest BCUT2D eigenvalue weighted by Gasteiger charge is -2.05. The fraction of sp³-hybridized carbons (Fsp3) is 0.692. The van der Waals surface area contributed by atoms with Crippen molar-refractivity contribution in [2.75, 3.05) is 40.0 Å². The van der Waals surface area contributed by atoms with Crippen LogP contribution in [0, 0.1) is 13.8 Å². The van der Waals surface area contributed by atoms with Crippen LogP contribution in [-0.2, 0) is 15.9 Å². The minimum Gasteiger partial charge on any atom is -0.383 e. The van der Waals surface area contributed by atoms with Crippen molar-refractivity contribution in [3.63, 3.8) is 0 Å². The molecule has 0 aliphatic rings. The molecule has 0 radical (unpaired) electrons. The summed E-state index contributed by atoms with van der Waals surface area (Å²) in [6.07, 6.45) is 1.02. The van der Waals surface area contributed by atoms with Crippen LogP contribution >= 0.6 is 11.3 Å². The van der Waals surface area contributed by atoms with Crippen LogP contribution in [0.4, 0.5) is 0 Å². The molecule has 0 atom stereocenters. The topological polar surface area (TPSA) is 30.5 Å². The summed E-state index contributed by atoms with van der Waals surface area (Å²) >= 11 is 1.86. The van der Waals surface area contributed by atoms with E-state index in [1.54, 1.807) is 7.11 Å². The maximum Gasteiger partial charge on any atom is 0.0591 e. The average Bonchev–Trinajstić information content (AvgIpc) is 2.61. The van der Waals surface area contributed by atoms with Gasteiger partial charge >= 0.3 is 0 Å². The molecule has 1 heterocycles. The van der Waals surface area contributed by atoms with Gasteiger partial charge in [0.15, 0.2) is 0 Å². The maximum absolute atomic E-state index is 5.58. The lowest BCUT2D eigenvalue weighted by Crippen LogP contribution is -2.23. The van der Waals surface area contributed by atoms with Crippen molar-refractivity contribution in [1.82, 2.24) is 5.32 Å². The smallest absolute Gasteiger partial charge is 0.0591 e. The van der Waals surface area contributed by atoms with E-state index in [4.69, 9.17) is 9.47 Å². The molecule has 3 nitrogen and oxygen atoms in total. The number of hydrogen-bond acceptors (Lipinski definition) is 4. The van der Waals surface area contributed by atoms with E-state index in [-0.39, 0.29) is 0 Å². The Labute approximate surface area is 108 Å². The van der Waals surface area contributed by atoms with E-state index in [2.05, 4.69) is 25.2 Å². The van der Waals surface area contributed by atoms with Crippen molar-refractivity contribution in [2.24, 2.45) is 0 Å². The Morgan fingerprint density at radius 3 is 2.59 bits per heavy atom. The zero-order valence-electron chi connectivity index (χ0n) is 11.0. The number of nitrogens with one attached hydrogen (secondary N) is 1. The summed E-state index contributed by atoms with van der Waals surface area (Å²) in [5.74, 6) is 0. The van der Waals surface area contributed by atoms with E-state index in [1.165, 1.54) is 15.3 Å². The summed E-state index contributed by atoms with van der Waals surface area (Å²) in [6, 6.07) is 2.26. The van der Waals surface area contributed by atoms with Crippen molar-refractivity contribution in [3.8, 4) is 0 Å². The van der Waals surface area contributed by atoms with E-state index in [9.17, 15) is 0 Å². The van der Waals surface area contributed by atoms with Gasteiger partial charge in [-0.25, -0.2) is 0 Å². The molecule has 17 heavy (non-hydrogen) atoms. The fourth-order valence-corrected chi connectivity index (χ4v) is 2.64. The van der Waals surface area contributed by atoms with Crippen LogP contribution in [0.3, 0.4) is 0 Å². The minimum absolute atomic E-state index is 0.757. The van der Waals surface area contributed by atoms with E-state index in [0.717, 1.165) is 39.3 Å². The highest BCUT2D eigenvalue weighted by atomic mass is 32.1. The summed E-state index contributed by atoms with van der Waals surface area (Å²) < 4.78 is 10.5. The summed E-state index contributed by atoms with van der Waals surface area (Å²) in [4.78, 5) is 2.81. The molecule has 0 spiro atoms. The summed E-state index contributed by atoms with van der Waals surface area (Å²) in [5.41, 5.74) is 1.43. The molecule has 0 aliphatic heterocycles. The molecule has 1 aromatic rings. The molecule has 0 bridgehead atoms. The highest BCUT2D eigenvalue weighted by molar-refractivity contribution is 7.12. The summed E-state index contributed by atoms with van der Waals surface area (Å²) in [6.45, 7) is 8.46. The third-order valence-electron chi connectivity index (χ3n) is 2.57. The largest absolute Gasteiger partial charge is 0.383 e. The predicted molar refractivity (Wildman–Crippen MR) is 73.1 cm³/mol. The molecule has 98 valence electrons. The first-order valence-corrected chi connectivity index (χ1v) is 6.89. The Balaban J connectivity index is 1.99. The molecular formula is C13H23NO2S. The highest BCUT2D eigenvalue weighted by Gasteiger charge is 2.02. The number of methoxy groups -OCH3 is 1. The number of thiophene rings is 1. The Kier molecular flexibility index (Phi) is 7.44. The number of hydrogen-bond donors (Lipinski definition) is 1. The van der Waals surface area contributed by atoms with Crippen LogP contribution in [0.5, 0.6) is 0 Å². The van der Waals surface area contributed by atoms with Crippen molar-refractivity contribution in [1.29, 1.82) is 0 Å². The van der Waals surface area contributed by atoms with E-state index < -0.39 is 0 Å². The zero-order valence-corrected chi connectivity index (χ0v) is 11.9. The van der Waals surface area contributed by atoms with Gasteiger partial charge in [0.2, 0.25) is 0 Å². The van der Waals surface area contributed by atoms with Crippen molar-refractivity contribution in [2.45, 2.75) is 20.3 Å². The van der Waals surface area contributed by atoms with Gasteiger partial charge in [0.1, 0.15) is 0 Å². The van der Waals surface area contributed by atoms with Gasteiger partial charge in [-0.3, -0.25) is 0 Å². The molecule has 1 aromatic heterocycles. The van der Waals surface area contributed by atoms with Gasteiger partial charge in [-0.1, -0.05) is 0 Å². The van der Waals surface area contributed by atoms with Gasteiger partial charge in [0.25, 0.3) is 0 Å². The molecule has 0 aliphatic carbocycles. The predicted octanol–water partition coefficient (Wildman–Crippen LogP) is 2.16. The number of ether oxygens (including phenoxy) is 2. The third kappa shape index (κ3) is 6.17. The van der Waals surface area contributed by atoms with Gasteiger partial charge in [0.05, 0.1) is 19.8 Å². The molecule has 0 amide bonds. The van der Waals surface area contributed by atoms with E-state index in [0.29, 0.717) is 0 Å². The zero-order chi connectivity index (χ0) is 12.5. The van der Waals surface area contributed by atoms with Crippen LogP contribution in [0.2, 0.25) is 0 Å². The van der Waals surface area contributed by atoms with Crippen molar-refractivity contribution < 1.29 is 9.47 Å². The van der Waals surface area contributed by atoms with Gasteiger partial charge in [-0.2, -0.15) is 0 Å². The fourth-order valence-electron chi connectivity index (χ4n) is 1.66. The molecule has 4 heteroatoms. The first-order chi connectivity index (χ1) is 8.24. The summed E-state index contributed by atoms with van der Waals surface area (Å²) in [7, 11) is 1.71. The monoisotopic (exact) mass is 257 g/mol. The molecule has 0 aromatic carbocycles. The maximum atomic E-state index is 5.58. The second kappa shape index (κ2) is 8.64. The highest BCUT2D eigenvalue weighted by Crippen LogP contribution is 2.20. The van der Waals surface area contributed by atoms with Gasteiger partial charge in [-0.05, 0) is 31.9 Å². The first kappa shape index (κ1) is 14.6. The Bertz CT molecular complexity index is 312. The average molecular weight is 257 g/mol. The Morgan fingerprint density at radius 1 is 1.18 bits per heavy atom. The Hall–Kier alpha value is -0.420. The van der Waals surface area contributed by atoms with Gasteiger partial charge < -0.3 is 14.8 Å². The van der Waals surface area contributed by atoms with Crippen LogP contribution < -0.4 is 5.32 Å². The molecule has 1 rings (SSSR count). The minimum atomic E-state index is 0.757. The van der Waals surface area contributed by atoms with Crippen LogP contribution in [0.25, 0.3) is 0 Å². The number of aryl methyl sites for hydroxylation is 2. The molecular weight excluding hydrogens is 234 g/mol. The molecule has 0 unspecified atom stereocenters. The SMILES string of the molecule is COCCNCCOCCc1cc(C)sc1C. The number of rotatable bonds is 9. The molecule has 0 saturated heterocycles. The van der Waals surface area contributed by atoms with Crippen LogP contribution in [-0.4, -0.2) is 40.0 Å². The molecule has 1 N–H and O–H groups in total. The van der Waals surface area contributed by atoms with Crippen LogP contribution in [0.15, 0.2) is 6.07 Å². The quantitative estimate of drug-likeness (QED) is 0.688. The van der Waals surface area contributed by atoms with Crippen LogP contribution in [0.1, 0.15) is 15.3 Å². The molecule has 0 fully saturated rings. The summed E-state index contributed by atoms with van der Waals surface area (Å²) in [5, 5.41) is 3.25. The van der Waals surface area contributed by atoms with Crippen molar-refractivity contribution >= 4 is 11.3 Å². The van der Waals surface area contributed by atoms with E-state index >= 15 is 0 Å². The second-order valence-electron chi connectivity index (χ2n) is 4.04. The second-order valence-corrected chi connectivity index (χ2v) is 5.50. The normalized spacial score (nSPS) is 11.0.